The molecule has 3 N–H and O–H groups in total. The third kappa shape index (κ3) is 3.52. The van der Waals surface area contributed by atoms with Crippen molar-refractivity contribution in [3.63, 3.8) is 0 Å². The third-order valence-electron chi connectivity index (χ3n) is 4.78. The number of nitrogens with one attached hydrogen (secondary N) is 1. The molecule has 3 nitrogen and oxygen atoms in total. The van der Waals surface area contributed by atoms with Gasteiger partial charge in [-0.25, -0.2) is 9.37 Å². The molecular weight excluding hydrogens is 457 g/mol. The van der Waals surface area contributed by atoms with Gasteiger partial charge in [-0.05, 0) is 46.6 Å². The maximum absolute atomic E-state index is 14.7. The molecule has 138 valence electrons. The number of pyridine rings is 1. The second-order valence-electron chi connectivity index (χ2n) is 6.52. The van der Waals surface area contributed by atoms with Gasteiger partial charge in [0.25, 0.3) is 0 Å². The second kappa shape index (κ2) is 7.72. The van der Waals surface area contributed by atoms with Gasteiger partial charge in [-0.2, -0.15) is 0 Å². The minimum Gasteiger partial charge on any atom is -0.379 e. The Bertz CT molecular complexity index is 905. The molecule has 0 spiro atoms. The molecule has 3 atom stereocenters. The molecule has 3 aromatic heterocycles. The van der Waals surface area contributed by atoms with Crippen molar-refractivity contribution < 1.29 is 4.39 Å². The number of nitrogens with two attached hydrogens (primary N) is 1. The van der Waals surface area contributed by atoms with E-state index < -0.39 is 6.17 Å². The minimum atomic E-state index is -0.916. The summed E-state index contributed by atoms with van der Waals surface area (Å²) in [7, 11) is 0. The van der Waals surface area contributed by atoms with E-state index in [-0.39, 0.29) is 12.0 Å². The molecule has 0 aromatic carbocycles. The fourth-order valence-electron chi connectivity index (χ4n) is 3.50. The van der Waals surface area contributed by atoms with Crippen molar-refractivity contribution in [3.05, 3.63) is 43.0 Å². The van der Waals surface area contributed by atoms with Crippen LogP contribution in [0.2, 0.25) is 5.15 Å². The van der Waals surface area contributed by atoms with Crippen molar-refractivity contribution in [1.82, 2.24) is 4.98 Å². The molecule has 0 aliphatic heterocycles. The van der Waals surface area contributed by atoms with Crippen LogP contribution in [0, 0.1) is 0 Å². The molecule has 0 bridgehead atoms. The molecule has 3 heterocycles. The molecule has 0 amide bonds. The lowest BCUT2D eigenvalue weighted by atomic mass is 9.82. The topological polar surface area (TPSA) is 50.9 Å². The van der Waals surface area contributed by atoms with Gasteiger partial charge >= 0.3 is 0 Å². The van der Waals surface area contributed by atoms with Gasteiger partial charge in [0.05, 0.1) is 20.4 Å². The van der Waals surface area contributed by atoms with Crippen LogP contribution in [0.5, 0.6) is 0 Å². The van der Waals surface area contributed by atoms with Crippen molar-refractivity contribution in [3.8, 4) is 0 Å². The molecule has 0 radical (unpaired) electrons. The number of rotatable bonds is 4. The molecule has 1 aliphatic rings. The molecule has 0 saturated heterocycles. The van der Waals surface area contributed by atoms with Crippen LogP contribution in [0.3, 0.4) is 0 Å². The molecule has 4 rings (SSSR count). The molecule has 3 aromatic rings. The monoisotopic (exact) mass is 473 g/mol. The van der Waals surface area contributed by atoms with Crippen LogP contribution in [0.25, 0.3) is 10.2 Å². The van der Waals surface area contributed by atoms with Crippen LogP contribution in [-0.4, -0.2) is 17.2 Å². The number of fused-ring (bicyclic) bond motifs is 1. The number of nitrogens with zero attached hydrogens (tertiary/aromatic N) is 1. The highest BCUT2D eigenvalue weighted by Crippen LogP contribution is 2.47. The number of anilines is 1. The quantitative estimate of drug-likeness (QED) is 0.435. The van der Waals surface area contributed by atoms with Gasteiger partial charge in [0, 0.05) is 34.3 Å². The predicted molar refractivity (Wildman–Crippen MR) is 113 cm³/mol. The zero-order valence-electron chi connectivity index (χ0n) is 13.8. The van der Waals surface area contributed by atoms with Crippen molar-refractivity contribution in [1.29, 1.82) is 0 Å². The highest BCUT2D eigenvalue weighted by atomic mass is 79.9. The van der Waals surface area contributed by atoms with Crippen molar-refractivity contribution in [2.24, 2.45) is 5.73 Å². The fourth-order valence-corrected chi connectivity index (χ4v) is 6.61. The first-order chi connectivity index (χ1) is 12.5. The first-order valence-electron chi connectivity index (χ1n) is 8.49. The van der Waals surface area contributed by atoms with Gasteiger partial charge in [0.15, 0.2) is 0 Å². The van der Waals surface area contributed by atoms with Crippen molar-refractivity contribution in [2.75, 3.05) is 5.32 Å². The minimum absolute atomic E-state index is 0.166. The maximum Gasteiger partial charge on any atom is 0.131 e. The van der Waals surface area contributed by atoms with Crippen molar-refractivity contribution in [2.45, 2.75) is 43.9 Å². The molecule has 1 aliphatic carbocycles. The fraction of sp³-hybridized carbons (Fsp3) is 0.389. The smallest absolute Gasteiger partial charge is 0.131 e. The van der Waals surface area contributed by atoms with Gasteiger partial charge < -0.3 is 11.1 Å². The first-order valence-corrected chi connectivity index (χ1v) is 11.4. The van der Waals surface area contributed by atoms with Gasteiger partial charge in [-0.1, -0.05) is 17.7 Å². The molecular formula is C18H18BrClFN3S2. The van der Waals surface area contributed by atoms with Crippen molar-refractivity contribution >= 4 is 66.1 Å². The normalized spacial score (nSPS) is 23.5. The Kier molecular flexibility index (Phi) is 5.53. The standard InChI is InChI=1S/C18H18BrClFN3S2/c19-15-16-17(26-18(15)14-10(21)4-1-5-11(14)22)12(7-13(20)24-16)23-8-9-3-2-6-25-9/h2-3,6-7,10-11,14H,1,4-5,8,22H2,(H,23,24)/t10-,11+,14+/m1/s1. The number of thiophene rings is 2. The molecule has 26 heavy (non-hydrogen) atoms. The summed E-state index contributed by atoms with van der Waals surface area (Å²) in [5.41, 5.74) is 7.96. The zero-order valence-corrected chi connectivity index (χ0v) is 17.8. The summed E-state index contributed by atoms with van der Waals surface area (Å²) in [4.78, 5) is 6.65. The maximum atomic E-state index is 14.7. The Morgan fingerprint density at radius 1 is 1.42 bits per heavy atom. The Labute approximate surface area is 172 Å². The average molecular weight is 475 g/mol. The van der Waals surface area contributed by atoms with Gasteiger partial charge in [-0.3, -0.25) is 0 Å². The summed E-state index contributed by atoms with van der Waals surface area (Å²) in [6.07, 6.45) is 1.35. The summed E-state index contributed by atoms with van der Waals surface area (Å²) < 4.78 is 16.5. The van der Waals surface area contributed by atoms with E-state index in [0.29, 0.717) is 18.1 Å². The Balaban J connectivity index is 1.74. The van der Waals surface area contributed by atoms with E-state index >= 15 is 0 Å². The molecule has 8 heteroatoms. The van der Waals surface area contributed by atoms with E-state index in [1.165, 1.54) is 4.88 Å². The average Bonchev–Trinajstić information content (AvgIpc) is 3.22. The highest BCUT2D eigenvalue weighted by molar-refractivity contribution is 9.10. The van der Waals surface area contributed by atoms with Crippen LogP contribution < -0.4 is 11.1 Å². The second-order valence-corrected chi connectivity index (χ2v) is 9.78. The van der Waals surface area contributed by atoms with E-state index in [1.54, 1.807) is 22.7 Å². The van der Waals surface area contributed by atoms with E-state index in [0.717, 1.165) is 38.1 Å². The molecule has 0 unspecified atom stereocenters. The molecule has 1 fully saturated rings. The third-order valence-corrected chi connectivity index (χ3v) is 8.23. The Morgan fingerprint density at radius 2 is 2.27 bits per heavy atom. The lowest BCUT2D eigenvalue weighted by Gasteiger charge is -2.31. The largest absolute Gasteiger partial charge is 0.379 e. The number of halogens is 3. The molecule has 1 saturated carbocycles. The number of alkyl halides is 1. The SMILES string of the molecule is N[C@H]1CCC[C@@H](F)[C@@H]1c1sc2c(NCc3cccs3)cc(Cl)nc2c1Br. The Hall–Kier alpha value is -0.730. The number of aromatic nitrogens is 1. The van der Waals surface area contributed by atoms with Crippen LogP contribution in [-0.2, 0) is 6.54 Å². The Morgan fingerprint density at radius 3 is 3.00 bits per heavy atom. The number of hydrogen-bond donors (Lipinski definition) is 2. The van der Waals surface area contributed by atoms with Crippen LogP contribution in [0.1, 0.15) is 34.9 Å². The van der Waals surface area contributed by atoms with Gasteiger partial charge in [0.2, 0.25) is 0 Å². The summed E-state index contributed by atoms with van der Waals surface area (Å²) >= 11 is 13.2. The zero-order chi connectivity index (χ0) is 18.3. The first kappa shape index (κ1) is 18.6. The van der Waals surface area contributed by atoms with Crippen LogP contribution >= 0.6 is 50.2 Å². The van der Waals surface area contributed by atoms with Gasteiger partial charge in [-0.15, -0.1) is 22.7 Å². The predicted octanol–water partition coefficient (Wildman–Crippen LogP) is 6.32. The summed E-state index contributed by atoms with van der Waals surface area (Å²) in [5.74, 6) is -0.291. The van der Waals surface area contributed by atoms with E-state index in [4.69, 9.17) is 17.3 Å². The van der Waals surface area contributed by atoms with E-state index in [1.807, 2.05) is 12.1 Å². The lowest BCUT2D eigenvalue weighted by Crippen LogP contribution is -2.37. The van der Waals surface area contributed by atoms with Gasteiger partial charge in [0.1, 0.15) is 11.3 Å². The van der Waals surface area contributed by atoms with Crippen LogP contribution in [0.4, 0.5) is 10.1 Å². The highest BCUT2D eigenvalue weighted by Gasteiger charge is 2.36. The lowest BCUT2D eigenvalue weighted by molar-refractivity contribution is 0.198. The van der Waals surface area contributed by atoms with E-state index in [9.17, 15) is 4.39 Å². The summed E-state index contributed by atoms with van der Waals surface area (Å²) in [6, 6.07) is 5.78. The van der Waals surface area contributed by atoms with E-state index in [2.05, 4.69) is 37.7 Å². The number of hydrogen-bond acceptors (Lipinski definition) is 5. The summed E-state index contributed by atoms with van der Waals surface area (Å²) in [5, 5.41) is 5.92. The van der Waals surface area contributed by atoms with Crippen LogP contribution in [0.15, 0.2) is 28.1 Å². The summed E-state index contributed by atoms with van der Waals surface area (Å²) in [6.45, 7) is 0.715.